The highest BCUT2D eigenvalue weighted by molar-refractivity contribution is 4.65. The molecule has 0 heterocycles. The third-order valence-electron chi connectivity index (χ3n) is 2.23. The van der Waals surface area contributed by atoms with Crippen LogP contribution >= 0.6 is 0 Å². The molecular weight excluding hydrogens is 142 g/mol. The summed E-state index contributed by atoms with van der Waals surface area (Å²) >= 11 is 0. The lowest BCUT2D eigenvalue weighted by Gasteiger charge is -2.38. The molecule has 0 spiro atoms. The van der Waals surface area contributed by atoms with Crippen LogP contribution in [0.3, 0.4) is 0 Å². The molecule has 0 aromatic rings. The van der Waals surface area contributed by atoms with E-state index in [0.29, 0.717) is 6.54 Å². The Kier molecular flexibility index (Phi) is 3.72. The van der Waals surface area contributed by atoms with E-state index in [9.17, 15) is 10.2 Å². The Morgan fingerprint density at radius 2 is 1.73 bits per heavy atom. The summed E-state index contributed by atoms with van der Waals surface area (Å²) in [6, 6.07) is 0. The van der Waals surface area contributed by atoms with Crippen molar-refractivity contribution >= 4 is 0 Å². The van der Waals surface area contributed by atoms with Crippen LogP contribution in [-0.2, 0) is 0 Å². The molecule has 0 fully saturated rings. The van der Waals surface area contributed by atoms with Gasteiger partial charge in [-0.2, -0.15) is 0 Å². The Balaban J connectivity index is 4.37. The second-order valence-electron chi connectivity index (χ2n) is 3.08. The number of aliphatic hydroxyl groups excluding tert-OH is 2. The van der Waals surface area contributed by atoms with E-state index >= 15 is 0 Å². The average molecular weight is 160 g/mol. The van der Waals surface area contributed by atoms with Gasteiger partial charge in [0.15, 0.2) is 12.5 Å². The van der Waals surface area contributed by atoms with Gasteiger partial charge in [-0.1, -0.05) is 6.58 Å². The first-order valence-electron chi connectivity index (χ1n) is 3.77. The van der Waals surface area contributed by atoms with Crippen molar-refractivity contribution in [2.24, 2.45) is 0 Å². The van der Waals surface area contributed by atoms with Crippen LogP contribution in [0.5, 0.6) is 0 Å². The molecule has 2 atom stereocenters. The van der Waals surface area contributed by atoms with E-state index in [0.717, 1.165) is 0 Å². The lowest BCUT2D eigenvalue weighted by Crippen LogP contribution is -2.56. The molecule has 0 radical (unpaired) electrons. The van der Waals surface area contributed by atoms with Gasteiger partial charge in [-0.15, -0.1) is 0 Å². The Labute approximate surface area is 68.2 Å². The van der Waals surface area contributed by atoms with Gasteiger partial charge >= 0.3 is 0 Å². The molecule has 0 saturated heterocycles. The highest BCUT2D eigenvalue weighted by atomic mass is 16.3. The minimum absolute atomic E-state index is 0.198. The van der Waals surface area contributed by atoms with Crippen LogP contribution in [-0.4, -0.2) is 40.7 Å². The smallest absolute Gasteiger partial charge is 0.189 e. The second kappa shape index (κ2) is 3.85. The Morgan fingerprint density at radius 1 is 1.36 bits per heavy atom. The molecule has 0 saturated carbocycles. The molecule has 3 nitrogen and oxygen atoms in total. The van der Waals surface area contributed by atoms with E-state index in [1.807, 2.05) is 0 Å². The second-order valence-corrected chi connectivity index (χ2v) is 3.08. The maximum atomic E-state index is 9.34. The third-order valence-corrected chi connectivity index (χ3v) is 2.23. The molecule has 0 rings (SSSR count). The zero-order valence-electron chi connectivity index (χ0n) is 7.49. The van der Waals surface area contributed by atoms with E-state index in [4.69, 9.17) is 0 Å². The molecule has 0 aliphatic rings. The summed E-state index contributed by atoms with van der Waals surface area (Å²) in [4.78, 5) is 0. The molecule has 3 heteroatoms. The van der Waals surface area contributed by atoms with Crippen molar-refractivity contribution in [1.82, 2.24) is 0 Å². The molecule has 0 aromatic heterocycles. The Bertz CT molecular complexity index is 124. The predicted molar refractivity (Wildman–Crippen MR) is 44.6 cm³/mol. The molecule has 2 unspecified atom stereocenters. The molecule has 2 N–H and O–H groups in total. The van der Waals surface area contributed by atoms with Gasteiger partial charge in [0, 0.05) is 13.8 Å². The van der Waals surface area contributed by atoms with Crippen LogP contribution in [0.1, 0.15) is 13.8 Å². The number of aliphatic hydroxyl groups is 2. The van der Waals surface area contributed by atoms with E-state index in [1.165, 1.54) is 0 Å². The number of hydrogen-bond acceptors (Lipinski definition) is 2. The van der Waals surface area contributed by atoms with Crippen molar-refractivity contribution in [1.29, 1.82) is 0 Å². The van der Waals surface area contributed by atoms with Crippen LogP contribution < -0.4 is 0 Å². The highest BCUT2D eigenvalue weighted by Gasteiger charge is 2.30. The standard InChI is InChI=1S/C8H18NO2/c1-5-6-9(4,7(2)10)8(3)11/h5,7-8,10-11H,1,6H2,2-4H3/q+1. The number of nitrogens with zero attached hydrogens (tertiary/aromatic N) is 1. The number of rotatable bonds is 4. The van der Waals surface area contributed by atoms with Crippen molar-refractivity contribution in [3.63, 3.8) is 0 Å². The lowest BCUT2D eigenvalue weighted by molar-refractivity contribution is -0.985. The zero-order valence-corrected chi connectivity index (χ0v) is 7.49. The van der Waals surface area contributed by atoms with E-state index in [1.54, 1.807) is 27.0 Å². The molecule has 11 heavy (non-hydrogen) atoms. The van der Waals surface area contributed by atoms with Gasteiger partial charge in [-0.3, -0.25) is 4.48 Å². The van der Waals surface area contributed by atoms with E-state index in [2.05, 4.69) is 6.58 Å². The molecule has 0 aliphatic heterocycles. The van der Waals surface area contributed by atoms with Crippen molar-refractivity contribution in [2.75, 3.05) is 13.6 Å². The van der Waals surface area contributed by atoms with Gasteiger partial charge in [0.2, 0.25) is 0 Å². The summed E-state index contributed by atoms with van der Waals surface area (Å²) < 4.78 is 0.198. The summed E-state index contributed by atoms with van der Waals surface area (Å²) in [5, 5.41) is 18.7. The summed E-state index contributed by atoms with van der Waals surface area (Å²) in [6.07, 6.45) is 0.542. The van der Waals surface area contributed by atoms with Crippen molar-refractivity contribution in [3.8, 4) is 0 Å². The SMILES string of the molecule is C=CC[N+](C)(C(C)O)C(C)O. The number of likely N-dealkylation sites (N-methyl/N-ethyl adjacent to an activating group) is 1. The molecule has 0 aliphatic carbocycles. The minimum Gasteiger partial charge on any atom is -0.345 e. The molecule has 66 valence electrons. The molecular formula is C8H18NO2+. The van der Waals surface area contributed by atoms with Gasteiger partial charge < -0.3 is 10.2 Å². The van der Waals surface area contributed by atoms with Crippen LogP contribution in [0.4, 0.5) is 0 Å². The predicted octanol–water partition coefficient (Wildman–Crippen LogP) is 0.296. The van der Waals surface area contributed by atoms with Crippen molar-refractivity contribution < 1.29 is 14.7 Å². The van der Waals surface area contributed by atoms with Crippen molar-refractivity contribution in [3.05, 3.63) is 12.7 Å². The molecule has 0 bridgehead atoms. The largest absolute Gasteiger partial charge is 0.345 e. The number of quaternary nitrogens is 1. The fourth-order valence-corrected chi connectivity index (χ4v) is 0.895. The van der Waals surface area contributed by atoms with Gasteiger partial charge in [-0.05, 0) is 6.08 Å². The maximum Gasteiger partial charge on any atom is 0.189 e. The Morgan fingerprint density at radius 3 is 1.82 bits per heavy atom. The third kappa shape index (κ3) is 2.29. The van der Waals surface area contributed by atoms with E-state index in [-0.39, 0.29) is 4.48 Å². The first kappa shape index (κ1) is 10.6. The quantitative estimate of drug-likeness (QED) is 0.353. The van der Waals surface area contributed by atoms with Gasteiger partial charge in [-0.25, -0.2) is 0 Å². The van der Waals surface area contributed by atoms with Crippen LogP contribution in [0.2, 0.25) is 0 Å². The molecule has 0 aromatic carbocycles. The highest BCUT2D eigenvalue weighted by Crippen LogP contribution is 2.12. The van der Waals surface area contributed by atoms with E-state index < -0.39 is 12.5 Å². The fraction of sp³-hybridized carbons (Fsp3) is 0.750. The van der Waals surface area contributed by atoms with Gasteiger partial charge in [0.05, 0.1) is 7.05 Å². The Hall–Kier alpha value is -0.380. The van der Waals surface area contributed by atoms with Gasteiger partial charge in [0.1, 0.15) is 6.54 Å². The van der Waals surface area contributed by atoms with Crippen molar-refractivity contribution in [2.45, 2.75) is 26.3 Å². The zero-order chi connectivity index (χ0) is 9.07. The monoisotopic (exact) mass is 160 g/mol. The average Bonchev–Trinajstić information content (AvgIpc) is 1.87. The summed E-state index contributed by atoms with van der Waals surface area (Å²) in [7, 11) is 1.79. The topological polar surface area (TPSA) is 40.5 Å². The molecule has 0 amide bonds. The summed E-state index contributed by atoms with van der Waals surface area (Å²) in [5.41, 5.74) is 0. The number of hydrogen-bond donors (Lipinski definition) is 2. The normalized spacial score (nSPS) is 21.9. The summed E-state index contributed by atoms with van der Waals surface area (Å²) in [5.74, 6) is 0. The van der Waals surface area contributed by atoms with Crippen LogP contribution in [0, 0.1) is 0 Å². The minimum atomic E-state index is -0.576. The van der Waals surface area contributed by atoms with Crippen LogP contribution in [0.15, 0.2) is 12.7 Å². The summed E-state index contributed by atoms with van der Waals surface area (Å²) in [6.45, 7) is 7.46. The van der Waals surface area contributed by atoms with Crippen LogP contribution in [0.25, 0.3) is 0 Å². The fourth-order valence-electron chi connectivity index (χ4n) is 0.895. The van der Waals surface area contributed by atoms with Gasteiger partial charge in [0.25, 0.3) is 0 Å². The maximum absolute atomic E-state index is 9.34. The lowest BCUT2D eigenvalue weighted by atomic mass is 10.3. The first-order valence-corrected chi connectivity index (χ1v) is 3.77. The first-order chi connectivity index (χ1) is 4.95.